The van der Waals surface area contributed by atoms with E-state index in [-0.39, 0.29) is 17.9 Å². The van der Waals surface area contributed by atoms with Crippen molar-refractivity contribution >= 4 is 11.5 Å². The average molecular weight is 404 g/mol. The van der Waals surface area contributed by atoms with Gasteiger partial charge < -0.3 is 9.64 Å². The van der Waals surface area contributed by atoms with Gasteiger partial charge in [-0.2, -0.15) is 0 Å². The average Bonchev–Trinajstić information content (AvgIpc) is 2.79. The van der Waals surface area contributed by atoms with E-state index >= 15 is 0 Å². The third kappa shape index (κ3) is 4.31. The molecule has 30 heavy (non-hydrogen) atoms. The van der Waals surface area contributed by atoms with E-state index in [1.807, 2.05) is 24.3 Å². The molecule has 1 aliphatic heterocycles. The van der Waals surface area contributed by atoms with Gasteiger partial charge in [0.05, 0.1) is 11.0 Å². The molecule has 154 valence electrons. The lowest BCUT2D eigenvalue weighted by molar-refractivity contribution is -0.384. The van der Waals surface area contributed by atoms with Crippen LogP contribution in [0.5, 0.6) is 0 Å². The zero-order valence-electron chi connectivity index (χ0n) is 17.1. The van der Waals surface area contributed by atoms with Gasteiger partial charge in [0.1, 0.15) is 11.9 Å². The molecule has 2 aromatic carbocycles. The number of hydrogen-bond donors (Lipinski definition) is 0. The van der Waals surface area contributed by atoms with Crippen LogP contribution in [0.2, 0.25) is 0 Å². The van der Waals surface area contributed by atoms with E-state index in [2.05, 4.69) is 35.9 Å². The SMILES string of the molecule is CCc1cc(N2C[C@H](C)O[C@@H](c3ccccc3)C2)nc(-c2ccc([N+](=O)[O-])cc2)n1. The Morgan fingerprint density at radius 1 is 1.10 bits per heavy atom. The number of non-ortho nitro benzene ring substituents is 1. The van der Waals surface area contributed by atoms with Crippen LogP contribution < -0.4 is 4.90 Å². The molecule has 0 amide bonds. The molecule has 4 rings (SSSR count). The summed E-state index contributed by atoms with van der Waals surface area (Å²) in [5.41, 5.74) is 2.90. The number of benzene rings is 2. The van der Waals surface area contributed by atoms with Crippen LogP contribution in [0.3, 0.4) is 0 Å². The van der Waals surface area contributed by atoms with Gasteiger partial charge >= 0.3 is 0 Å². The Bertz CT molecular complexity index is 1020. The fourth-order valence-corrected chi connectivity index (χ4v) is 3.68. The molecule has 1 aliphatic rings. The minimum absolute atomic E-state index is 0.0298. The highest BCUT2D eigenvalue weighted by atomic mass is 16.6. The van der Waals surface area contributed by atoms with Crippen LogP contribution in [0.1, 0.15) is 31.2 Å². The van der Waals surface area contributed by atoms with Crippen LogP contribution in [-0.4, -0.2) is 34.1 Å². The van der Waals surface area contributed by atoms with E-state index < -0.39 is 4.92 Å². The zero-order chi connectivity index (χ0) is 21.1. The van der Waals surface area contributed by atoms with Crippen molar-refractivity contribution in [1.82, 2.24) is 9.97 Å². The largest absolute Gasteiger partial charge is 0.367 e. The lowest BCUT2D eigenvalue weighted by Gasteiger charge is -2.38. The van der Waals surface area contributed by atoms with E-state index in [0.717, 1.165) is 35.6 Å². The second kappa shape index (κ2) is 8.59. The van der Waals surface area contributed by atoms with Crippen molar-refractivity contribution in [3.63, 3.8) is 0 Å². The number of aryl methyl sites for hydroxylation is 1. The molecule has 2 atom stereocenters. The van der Waals surface area contributed by atoms with Crippen molar-refractivity contribution in [1.29, 1.82) is 0 Å². The molecule has 0 bridgehead atoms. The highest BCUT2D eigenvalue weighted by molar-refractivity contribution is 5.60. The van der Waals surface area contributed by atoms with Crippen molar-refractivity contribution in [2.45, 2.75) is 32.5 Å². The number of ether oxygens (including phenoxy) is 1. The number of aromatic nitrogens is 2. The summed E-state index contributed by atoms with van der Waals surface area (Å²) in [5.74, 6) is 1.43. The second-order valence-corrected chi connectivity index (χ2v) is 7.45. The Kier molecular flexibility index (Phi) is 5.72. The highest BCUT2D eigenvalue weighted by Gasteiger charge is 2.28. The summed E-state index contributed by atoms with van der Waals surface area (Å²) < 4.78 is 6.18. The van der Waals surface area contributed by atoms with Gasteiger partial charge in [-0.1, -0.05) is 37.3 Å². The van der Waals surface area contributed by atoms with Crippen molar-refractivity contribution < 1.29 is 9.66 Å². The minimum atomic E-state index is -0.405. The number of nitrogens with zero attached hydrogens (tertiary/aromatic N) is 4. The Balaban J connectivity index is 1.66. The molecule has 1 aromatic heterocycles. The maximum Gasteiger partial charge on any atom is 0.269 e. The molecular weight excluding hydrogens is 380 g/mol. The standard InChI is InChI=1S/C23H24N4O3/c1-3-19-13-22(25-23(24-19)18-9-11-20(12-10-18)27(28)29)26-14-16(2)30-21(15-26)17-7-5-4-6-8-17/h4-13,16,21H,3,14-15H2,1-2H3/t16-,21+/m0/s1. The van der Waals surface area contributed by atoms with Gasteiger partial charge in [0.25, 0.3) is 5.69 Å². The van der Waals surface area contributed by atoms with Crippen LogP contribution in [0.25, 0.3) is 11.4 Å². The maximum absolute atomic E-state index is 10.9. The highest BCUT2D eigenvalue weighted by Crippen LogP contribution is 2.29. The lowest BCUT2D eigenvalue weighted by Crippen LogP contribution is -2.43. The van der Waals surface area contributed by atoms with Crippen molar-refractivity contribution in [3.05, 3.63) is 82.0 Å². The number of morpholine rings is 1. The van der Waals surface area contributed by atoms with E-state index in [4.69, 9.17) is 9.72 Å². The number of rotatable bonds is 5. The lowest BCUT2D eigenvalue weighted by atomic mass is 10.1. The molecule has 0 spiro atoms. The van der Waals surface area contributed by atoms with E-state index in [1.165, 1.54) is 12.1 Å². The van der Waals surface area contributed by atoms with Crippen LogP contribution in [-0.2, 0) is 11.2 Å². The number of anilines is 1. The third-order valence-electron chi connectivity index (χ3n) is 5.22. The van der Waals surface area contributed by atoms with E-state index in [9.17, 15) is 10.1 Å². The summed E-state index contributed by atoms with van der Waals surface area (Å²) in [5, 5.41) is 10.9. The molecule has 0 radical (unpaired) electrons. The topological polar surface area (TPSA) is 81.4 Å². The van der Waals surface area contributed by atoms with Crippen LogP contribution in [0, 0.1) is 10.1 Å². The summed E-state index contributed by atoms with van der Waals surface area (Å²) in [6, 6.07) is 18.6. The number of nitro benzene ring substituents is 1. The molecule has 7 heteroatoms. The molecule has 0 unspecified atom stereocenters. The Labute approximate surface area is 175 Å². The van der Waals surface area contributed by atoms with Gasteiger partial charge in [-0.15, -0.1) is 0 Å². The fraction of sp³-hybridized carbons (Fsp3) is 0.304. The molecule has 0 saturated carbocycles. The molecule has 0 aliphatic carbocycles. The monoisotopic (exact) mass is 404 g/mol. The van der Waals surface area contributed by atoms with Gasteiger partial charge in [0, 0.05) is 42.5 Å². The van der Waals surface area contributed by atoms with Gasteiger partial charge in [-0.05, 0) is 31.0 Å². The molecule has 3 aromatic rings. The predicted molar refractivity (Wildman–Crippen MR) is 115 cm³/mol. The summed E-state index contributed by atoms with van der Waals surface area (Å²) in [7, 11) is 0. The number of nitro groups is 1. The van der Waals surface area contributed by atoms with Crippen molar-refractivity contribution in [3.8, 4) is 11.4 Å². The second-order valence-electron chi connectivity index (χ2n) is 7.45. The van der Waals surface area contributed by atoms with Crippen LogP contribution in [0.15, 0.2) is 60.7 Å². The van der Waals surface area contributed by atoms with Crippen LogP contribution in [0.4, 0.5) is 11.5 Å². The Morgan fingerprint density at radius 3 is 2.50 bits per heavy atom. The number of hydrogen-bond acceptors (Lipinski definition) is 6. The smallest absolute Gasteiger partial charge is 0.269 e. The van der Waals surface area contributed by atoms with Gasteiger partial charge in [0.2, 0.25) is 0 Å². The molecule has 0 N–H and O–H groups in total. The molecule has 2 heterocycles. The van der Waals surface area contributed by atoms with Gasteiger partial charge in [0.15, 0.2) is 5.82 Å². The summed E-state index contributed by atoms with van der Waals surface area (Å²) >= 11 is 0. The quantitative estimate of drug-likeness (QED) is 0.457. The van der Waals surface area contributed by atoms with Crippen LogP contribution >= 0.6 is 0 Å². The molecule has 7 nitrogen and oxygen atoms in total. The Hall–Kier alpha value is -3.32. The third-order valence-corrected chi connectivity index (χ3v) is 5.22. The summed E-state index contributed by atoms with van der Waals surface area (Å²) in [6.07, 6.45) is 0.807. The molecule has 1 fully saturated rings. The minimum Gasteiger partial charge on any atom is -0.367 e. The Morgan fingerprint density at radius 2 is 1.83 bits per heavy atom. The summed E-state index contributed by atoms with van der Waals surface area (Å²) in [6.45, 7) is 5.57. The van der Waals surface area contributed by atoms with E-state index in [1.54, 1.807) is 12.1 Å². The maximum atomic E-state index is 10.9. The first-order chi connectivity index (χ1) is 14.5. The van der Waals surface area contributed by atoms with Crippen molar-refractivity contribution in [2.75, 3.05) is 18.0 Å². The first kappa shape index (κ1) is 20.0. The molecule has 1 saturated heterocycles. The zero-order valence-corrected chi connectivity index (χ0v) is 17.1. The molecular formula is C23H24N4O3. The van der Waals surface area contributed by atoms with E-state index in [0.29, 0.717) is 12.4 Å². The fourth-order valence-electron chi connectivity index (χ4n) is 3.68. The predicted octanol–water partition coefficient (Wildman–Crippen LogP) is 4.58. The first-order valence-electron chi connectivity index (χ1n) is 10.1. The van der Waals surface area contributed by atoms with Crippen molar-refractivity contribution in [2.24, 2.45) is 0 Å². The normalized spacial score (nSPS) is 18.9. The summed E-state index contributed by atoms with van der Waals surface area (Å²) in [4.78, 5) is 22.2. The van der Waals surface area contributed by atoms with Gasteiger partial charge in [-0.3, -0.25) is 10.1 Å². The van der Waals surface area contributed by atoms with Gasteiger partial charge in [-0.25, -0.2) is 9.97 Å². The first-order valence-corrected chi connectivity index (χ1v) is 10.1.